The number of nitrogens with zero attached hydrogens (tertiary/aromatic N) is 4. The Bertz CT molecular complexity index is 999. The summed E-state index contributed by atoms with van der Waals surface area (Å²) < 4.78 is 1.72. The molecule has 1 saturated heterocycles. The van der Waals surface area contributed by atoms with E-state index in [9.17, 15) is 4.79 Å². The number of amides is 1. The van der Waals surface area contributed by atoms with Crippen LogP contribution in [0.4, 0.5) is 0 Å². The fourth-order valence-electron chi connectivity index (χ4n) is 3.87. The number of hydrazine groups is 1. The van der Waals surface area contributed by atoms with Gasteiger partial charge in [0.2, 0.25) is 0 Å². The van der Waals surface area contributed by atoms with Crippen LogP contribution in [0.2, 0.25) is 0 Å². The van der Waals surface area contributed by atoms with Gasteiger partial charge < -0.3 is 4.90 Å². The van der Waals surface area contributed by atoms with Crippen molar-refractivity contribution < 1.29 is 4.79 Å². The predicted molar refractivity (Wildman–Crippen MR) is 108 cm³/mol. The number of likely N-dealkylation sites (N-methyl/N-ethyl adjacent to an activating group) is 1. The maximum absolute atomic E-state index is 13.2. The number of aromatic nitrogens is 3. The molecule has 1 amide bonds. The second kappa shape index (κ2) is 7.33. The molecule has 0 spiro atoms. The van der Waals surface area contributed by atoms with Gasteiger partial charge in [-0.25, -0.2) is 14.9 Å². The van der Waals surface area contributed by atoms with Gasteiger partial charge in [0.25, 0.3) is 5.91 Å². The van der Waals surface area contributed by atoms with Crippen LogP contribution in [0.1, 0.15) is 46.7 Å². The molecule has 0 aliphatic carbocycles. The van der Waals surface area contributed by atoms with Gasteiger partial charge in [-0.15, -0.1) is 0 Å². The van der Waals surface area contributed by atoms with E-state index >= 15 is 0 Å². The van der Waals surface area contributed by atoms with E-state index in [0.717, 1.165) is 17.8 Å². The van der Waals surface area contributed by atoms with Gasteiger partial charge in [0.15, 0.2) is 5.65 Å². The Kier molecular flexibility index (Phi) is 4.87. The van der Waals surface area contributed by atoms with E-state index < -0.39 is 0 Å². The normalized spacial score (nSPS) is 20.4. The van der Waals surface area contributed by atoms with Gasteiger partial charge in [0.05, 0.1) is 6.20 Å². The fourth-order valence-corrected chi connectivity index (χ4v) is 3.87. The molecule has 3 aromatic rings. The van der Waals surface area contributed by atoms with Crippen molar-refractivity contribution in [3.8, 4) is 0 Å². The molecule has 0 saturated carbocycles. The summed E-state index contributed by atoms with van der Waals surface area (Å²) in [6, 6.07) is 12.7. The van der Waals surface area contributed by atoms with Gasteiger partial charge in [0.1, 0.15) is 5.56 Å². The van der Waals surface area contributed by atoms with Gasteiger partial charge >= 0.3 is 0 Å². The van der Waals surface area contributed by atoms with E-state index in [4.69, 9.17) is 0 Å². The van der Waals surface area contributed by atoms with Crippen LogP contribution < -0.4 is 10.9 Å². The number of carbonyl (C=O) groups is 1. The Labute approximate surface area is 164 Å². The molecular weight excluding hydrogens is 352 g/mol. The third-order valence-corrected chi connectivity index (χ3v) is 5.66. The summed E-state index contributed by atoms with van der Waals surface area (Å²) in [5.74, 6) is -0.0649. The first-order valence-corrected chi connectivity index (χ1v) is 9.61. The summed E-state index contributed by atoms with van der Waals surface area (Å²) in [7, 11) is 1.84. The van der Waals surface area contributed by atoms with Gasteiger partial charge in [-0.1, -0.05) is 30.3 Å². The molecule has 0 radical (unpaired) electrons. The zero-order valence-corrected chi connectivity index (χ0v) is 16.7. The molecule has 146 valence electrons. The van der Waals surface area contributed by atoms with E-state index in [0.29, 0.717) is 11.2 Å². The number of rotatable bonds is 4. The Morgan fingerprint density at radius 2 is 2.00 bits per heavy atom. The number of carbonyl (C=O) groups excluding carboxylic acids is 1. The molecule has 3 unspecified atom stereocenters. The lowest BCUT2D eigenvalue weighted by Gasteiger charge is -2.29. The molecule has 1 aliphatic heterocycles. The average Bonchev–Trinajstić information content (AvgIpc) is 3.34. The van der Waals surface area contributed by atoms with Gasteiger partial charge in [-0.3, -0.25) is 10.2 Å². The van der Waals surface area contributed by atoms with Crippen LogP contribution in [0, 0.1) is 13.8 Å². The Balaban J connectivity index is 1.51. The highest BCUT2D eigenvalue weighted by Crippen LogP contribution is 2.25. The number of benzene rings is 1. The molecule has 2 N–H and O–H groups in total. The van der Waals surface area contributed by atoms with Crippen molar-refractivity contribution in [3.05, 3.63) is 65.1 Å². The van der Waals surface area contributed by atoms with E-state index in [2.05, 4.69) is 40.0 Å². The highest BCUT2D eigenvalue weighted by Gasteiger charge is 2.33. The van der Waals surface area contributed by atoms with Gasteiger partial charge in [0, 0.05) is 36.6 Å². The molecule has 0 bridgehead atoms. The number of aryl methyl sites for hydroxylation is 2. The molecule has 3 heterocycles. The topological polar surface area (TPSA) is 74.6 Å². The second-order valence-electron chi connectivity index (χ2n) is 7.58. The molecule has 28 heavy (non-hydrogen) atoms. The van der Waals surface area contributed by atoms with E-state index in [-0.39, 0.29) is 24.0 Å². The summed E-state index contributed by atoms with van der Waals surface area (Å²) in [5.41, 5.74) is 11.0. The molecular formula is C21H26N6O. The van der Waals surface area contributed by atoms with Crippen LogP contribution in [0.5, 0.6) is 0 Å². The van der Waals surface area contributed by atoms with E-state index in [1.807, 2.05) is 45.2 Å². The smallest absolute Gasteiger partial charge is 0.259 e. The maximum Gasteiger partial charge on any atom is 0.259 e. The maximum atomic E-state index is 13.2. The summed E-state index contributed by atoms with van der Waals surface area (Å²) in [6.07, 6.45) is 2.53. The average molecular weight is 378 g/mol. The minimum atomic E-state index is -0.0649. The largest absolute Gasteiger partial charge is 0.337 e. The third kappa shape index (κ3) is 3.27. The first kappa shape index (κ1) is 18.6. The Hall–Kier alpha value is -2.77. The van der Waals surface area contributed by atoms with Crippen molar-refractivity contribution in [2.45, 2.75) is 45.3 Å². The van der Waals surface area contributed by atoms with E-state index in [1.165, 1.54) is 5.56 Å². The standard InChI is InChI=1S/C21H26N6O/c1-13-10-14(2)27-20(23-13)17(12-22-27)21(28)26(4)15(3)18-11-19(25-24-18)16-8-6-5-7-9-16/h5-10,12,15,18-19,24-25H,11H2,1-4H3. The molecule has 4 rings (SSSR count). The predicted octanol–water partition coefficient (Wildman–Crippen LogP) is 2.41. The Morgan fingerprint density at radius 3 is 2.75 bits per heavy atom. The molecule has 1 fully saturated rings. The van der Waals surface area contributed by atoms with Gasteiger partial charge in [-0.2, -0.15) is 5.10 Å². The quantitative estimate of drug-likeness (QED) is 0.729. The lowest BCUT2D eigenvalue weighted by molar-refractivity contribution is 0.0717. The number of hydrogen-bond acceptors (Lipinski definition) is 5. The molecule has 3 atom stereocenters. The lowest BCUT2D eigenvalue weighted by Crippen LogP contribution is -2.48. The lowest BCUT2D eigenvalue weighted by atomic mass is 9.98. The zero-order valence-electron chi connectivity index (χ0n) is 16.7. The van der Waals surface area contributed by atoms with Crippen molar-refractivity contribution in [3.63, 3.8) is 0 Å². The summed E-state index contributed by atoms with van der Waals surface area (Å²) in [4.78, 5) is 19.5. The van der Waals surface area contributed by atoms with Crippen molar-refractivity contribution >= 4 is 11.6 Å². The molecule has 1 aromatic carbocycles. The van der Waals surface area contributed by atoms with Crippen LogP contribution in [-0.4, -0.2) is 44.5 Å². The summed E-state index contributed by atoms with van der Waals surface area (Å²) in [6.45, 7) is 5.96. The number of hydrogen-bond donors (Lipinski definition) is 2. The zero-order chi connectivity index (χ0) is 19.8. The van der Waals surface area contributed by atoms with Crippen molar-refractivity contribution in [1.29, 1.82) is 0 Å². The van der Waals surface area contributed by atoms with Gasteiger partial charge in [-0.05, 0) is 38.8 Å². The summed E-state index contributed by atoms with van der Waals surface area (Å²) in [5, 5.41) is 4.35. The molecule has 7 nitrogen and oxygen atoms in total. The van der Waals surface area contributed by atoms with Crippen LogP contribution in [-0.2, 0) is 0 Å². The second-order valence-corrected chi connectivity index (χ2v) is 7.58. The highest BCUT2D eigenvalue weighted by molar-refractivity contribution is 5.99. The van der Waals surface area contributed by atoms with Crippen LogP contribution >= 0.6 is 0 Å². The summed E-state index contributed by atoms with van der Waals surface area (Å²) >= 11 is 0. The third-order valence-electron chi connectivity index (χ3n) is 5.66. The first-order valence-electron chi connectivity index (χ1n) is 9.61. The monoisotopic (exact) mass is 378 g/mol. The molecule has 7 heteroatoms. The van der Waals surface area contributed by atoms with Crippen LogP contribution in [0.15, 0.2) is 42.6 Å². The Morgan fingerprint density at radius 1 is 1.25 bits per heavy atom. The number of nitrogens with one attached hydrogen (secondary N) is 2. The van der Waals surface area contributed by atoms with E-state index in [1.54, 1.807) is 15.6 Å². The van der Waals surface area contributed by atoms with Crippen molar-refractivity contribution in [1.82, 2.24) is 30.3 Å². The minimum absolute atomic E-state index is 0.00886. The number of fused-ring (bicyclic) bond motifs is 1. The molecule has 1 aliphatic rings. The van der Waals surface area contributed by atoms with Crippen molar-refractivity contribution in [2.75, 3.05) is 7.05 Å². The van der Waals surface area contributed by atoms with Crippen LogP contribution in [0.3, 0.4) is 0 Å². The highest BCUT2D eigenvalue weighted by atomic mass is 16.2. The van der Waals surface area contributed by atoms with Crippen molar-refractivity contribution in [2.24, 2.45) is 0 Å². The SMILES string of the molecule is Cc1cc(C)n2ncc(C(=O)N(C)C(C)C3CC(c4ccccc4)NN3)c2n1. The fraction of sp³-hybridized carbons (Fsp3) is 0.381. The van der Waals surface area contributed by atoms with Crippen LogP contribution in [0.25, 0.3) is 5.65 Å². The molecule has 2 aromatic heterocycles. The minimum Gasteiger partial charge on any atom is -0.337 e. The first-order chi connectivity index (χ1) is 13.5.